The van der Waals surface area contributed by atoms with Crippen LogP contribution in [0.4, 0.5) is 0 Å². The first kappa shape index (κ1) is 20.4. The molecule has 0 saturated carbocycles. The fraction of sp³-hybridized carbons (Fsp3) is 0.450. The third kappa shape index (κ3) is 5.59. The number of hydrogen-bond acceptors (Lipinski definition) is 4. The lowest BCUT2D eigenvalue weighted by molar-refractivity contribution is 0.311. The lowest BCUT2D eigenvalue weighted by Crippen LogP contribution is -2.42. The van der Waals surface area contributed by atoms with Crippen LogP contribution in [0.5, 0.6) is 5.75 Å². The highest BCUT2D eigenvalue weighted by atomic mass is 32.2. The summed E-state index contributed by atoms with van der Waals surface area (Å²) >= 11 is 0. The van der Waals surface area contributed by atoms with Gasteiger partial charge in [0.05, 0.1) is 12.4 Å². The SMILES string of the molecule is CN=C(NCCCOc1ccc2ccccc2c1)NCCN1CCCS1(=O)=O. The van der Waals surface area contributed by atoms with Gasteiger partial charge in [0.25, 0.3) is 0 Å². The smallest absolute Gasteiger partial charge is 0.214 e. The van der Waals surface area contributed by atoms with Gasteiger partial charge >= 0.3 is 0 Å². The number of aliphatic imine (C=N–C) groups is 1. The third-order valence-corrected chi connectivity index (χ3v) is 6.64. The lowest BCUT2D eigenvalue weighted by Gasteiger charge is -2.16. The van der Waals surface area contributed by atoms with Crippen LogP contribution in [0.2, 0.25) is 0 Å². The molecule has 1 heterocycles. The van der Waals surface area contributed by atoms with Gasteiger partial charge in [-0.05, 0) is 35.7 Å². The van der Waals surface area contributed by atoms with Gasteiger partial charge in [0.1, 0.15) is 5.75 Å². The quantitative estimate of drug-likeness (QED) is 0.398. The molecule has 8 heteroatoms. The third-order valence-electron chi connectivity index (χ3n) is 4.68. The van der Waals surface area contributed by atoms with Gasteiger partial charge in [-0.3, -0.25) is 4.99 Å². The topological polar surface area (TPSA) is 83.0 Å². The monoisotopic (exact) mass is 404 g/mol. The van der Waals surface area contributed by atoms with Crippen LogP contribution in [0.25, 0.3) is 10.8 Å². The normalized spacial score (nSPS) is 17.0. The molecule has 0 unspecified atom stereocenters. The molecule has 0 radical (unpaired) electrons. The number of fused-ring (bicyclic) bond motifs is 1. The van der Waals surface area contributed by atoms with Crippen LogP contribution in [0.3, 0.4) is 0 Å². The van der Waals surface area contributed by atoms with Gasteiger partial charge in [0.15, 0.2) is 5.96 Å². The Morgan fingerprint density at radius 2 is 1.93 bits per heavy atom. The molecule has 1 aliphatic rings. The van der Waals surface area contributed by atoms with E-state index in [0.29, 0.717) is 38.6 Å². The number of ether oxygens (including phenoxy) is 1. The van der Waals surface area contributed by atoms with Gasteiger partial charge in [-0.1, -0.05) is 30.3 Å². The molecule has 3 rings (SSSR count). The maximum Gasteiger partial charge on any atom is 0.214 e. The second-order valence-electron chi connectivity index (χ2n) is 6.71. The molecular formula is C20H28N4O3S. The molecule has 0 bridgehead atoms. The zero-order chi connectivity index (χ0) is 19.8. The molecule has 7 nitrogen and oxygen atoms in total. The Labute approximate surface area is 166 Å². The van der Waals surface area contributed by atoms with Crippen molar-refractivity contribution in [3.05, 3.63) is 42.5 Å². The van der Waals surface area contributed by atoms with Crippen LogP contribution in [0.1, 0.15) is 12.8 Å². The average Bonchev–Trinajstić information content (AvgIpc) is 3.04. The molecule has 2 aromatic rings. The molecule has 152 valence electrons. The maximum absolute atomic E-state index is 11.8. The first-order valence-electron chi connectivity index (χ1n) is 9.62. The summed E-state index contributed by atoms with van der Waals surface area (Å²) in [7, 11) is -1.34. The van der Waals surface area contributed by atoms with E-state index in [2.05, 4.69) is 39.9 Å². The second-order valence-corrected chi connectivity index (χ2v) is 8.79. The van der Waals surface area contributed by atoms with E-state index < -0.39 is 10.0 Å². The van der Waals surface area contributed by atoms with E-state index in [-0.39, 0.29) is 5.75 Å². The number of sulfonamides is 1. The van der Waals surface area contributed by atoms with Gasteiger partial charge in [-0.25, -0.2) is 12.7 Å². The molecule has 1 fully saturated rings. The molecule has 2 N–H and O–H groups in total. The molecule has 28 heavy (non-hydrogen) atoms. The fourth-order valence-corrected chi connectivity index (χ4v) is 4.72. The van der Waals surface area contributed by atoms with Gasteiger partial charge < -0.3 is 15.4 Å². The van der Waals surface area contributed by atoms with Crippen molar-refractivity contribution in [1.29, 1.82) is 0 Å². The number of guanidine groups is 1. The Morgan fingerprint density at radius 1 is 1.14 bits per heavy atom. The maximum atomic E-state index is 11.8. The van der Waals surface area contributed by atoms with Gasteiger partial charge in [-0.15, -0.1) is 0 Å². The van der Waals surface area contributed by atoms with E-state index >= 15 is 0 Å². The zero-order valence-corrected chi connectivity index (χ0v) is 17.0. The van der Waals surface area contributed by atoms with Crippen LogP contribution in [0, 0.1) is 0 Å². The van der Waals surface area contributed by atoms with Crippen molar-refractivity contribution in [3.8, 4) is 5.75 Å². The van der Waals surface area contributed by atoms with Crippen molar-refractivity contribution in [2.75, 3.05) is 45.6 Å². The summed E-state index contributed by atoms with van der Waals surface area (Å²) in [4.78, 5) is 4.16. The molecule has 1 saturated heterocycles. The van der Waals surface area contributed by atoms with Crippen molar-refractivity contribution >= 4 is 26.8 Å². The van der Waals surface area contributed by atoms with Crippen LogP contribution < -0.4 is 15.4 Å². The zero-order valence-electron chi connectivity index (χ0n) is 16.2. The molecule has 0 amide bonds. The van der Waals surface area contributed by atoms with Gasteiger partial charge in [0, 0.05) is 33.2 Å². The van der Waals surface area contributed by atoms with Crippen molar-refractivity contribution in [2.24, 2.45) is 4.99 Å². The molecular weight excluding hydrogens is 376 g/mol. The average molecular weight is 405 g/mol. The highest BCUT2D eigenvalue weighted by Gasteiger charge is 2.27. The summed E-state index contributed by atoms with van der Waals surface area (Å²) in [5.41, 5.74) is 0. The molecule has 2 aromatic carbocycles. The highest BCUT2D eigenvalue weighted by Crippen LogP contribution is 2.20. The number of benzene rings is 2. The summed E-state index contributed by atoms with van der Waals surface area (Å²) in [6.45, 7) is 2.94. The molecule has 0 aliphatic carbocycles. The predicted octanol–water partition coefficient (Wildman–Crippen LogP) is 1.81. The summed E-state index contributed by atoms with van der Waals surface area (Å²) in [5, 5.41) is 8.75. The number of hydrogen-bond donors (Lipinski definition) is 2. The Hall–Kier alpha value is -2.32. The summed E-state index contributed by atoms with van der Waals surface area (Å²) in [6, 6.07) is 14.3. The molecule has 0 spiro atoms. The minimum absolute atomic E-state index is 0.261. The van der Waals surface area contributed by atoms with Crippen molar-refractivity contribution in [3.63, 3.8) is 0 Å². The second kappa shape index (κ2) is 9.75. The van der Waals surface area contributed by atoms with E-state index in [1.54, 1.807) is 7.05 Å². The summed E-state index contributed by atoms with van der Waals surface area (Å²) < 4.78 is 30.9. The van der Waals surface area contributed by atoms with Gasteiger partial charge in [0.2, 0.25) is 10.0 Å². The summed E-state index contributed by atoms with van der Waals surface area (Å²) in [5.74, 6) is 1.80. The Kier molecular flexibility index (Phi) is 7.11. The van der Waals surface area contributed by atoms with Gasteiger partial charge in [-0.2, -0.15) is 0 Å². The van der Waals surface area contributed by atoms with Crippen molar-refractivity contribution in [2.45, 2.75) is 12.8 Å². The molecule has 1 aliphatic heterocycles. The standard InChI is InChI=1S/C20H28N4O3S/c1-21-20(23-11-13-24-12-5-15-28(24,25)26)22-10-4-14-27-19-9-8-17-6-2-3-7-18(17)16-19/h2-3,6-9,16H,4-5,10-15H2,1H3,(H2,21,22,23). The number of nitrogens with one attached hydrogen (secondary N) is 2. The van der Waals surface area contributed by atoms with E-state index in [0.717, 1.165) is 18.7 Å². The first-order chi connectivity index (χ1) is 13.6. The van der Waals surface area contributed by atoms with Crippen LogP contribution in [-0.4, -0.2) is 64.3 Å². The Bertz CT molecular complexity index is 915. The van der Waals surface area contributed by atoms with Crippen molar-refractivity contribution < 1.29 is 13.2 Å². The molecule has 0 aromatic heterocycles. The first-order valence-corrected chi connectivity index (χ1v) is 11.2. The molecule has 0 atom stereocenters. The van der Waals surface area contributed by atoms with E-state index in [9.17, 15) is 8.42 Å². The van der Waals surface area contributed by atoms with Crippen LogP contribution in [0.15, 0.2) is 47.5 Å². The largest absolute Gasteiger partial charge is 0.494 e. The van der Waals surface area contributed by atoms with Crippen molar-refractivity contribution in [1.82, 2.24) is 14.9 Å². The minimum Gasteiger partial charge on any atom is -0.494 e. The lowest BCUT2D eigenvalue weighted by atomic mass is 10.1. The van der Waals surface area contributed by atoms with Crippen LogP contribution >= 0.6 is 0 Å². The summed E-state index contributed by atoms with van der Waals surface area (Å²) in [6.07, 6.45) is 1.54. The minimum atomic E-state index is -3.04. The Balaban J connectivity index is 1.33. The fourth-order valence-electron chi connectivity index (χ4n) is 3.19. The highest BCUT2D eigenvalue weighted by molar-refractivity contribution is 7.89. The van der Waals surface area contributed by atoms with Crippen LogP contribution in [-0.2, 0) is 10.0 Å². The predicted molar refractivity (Wildman–Crippen MR) is 113 cm³/mol. The van der Waals surface area contributed by atoms with E-state index in [1.807, 2.05) is 18.2 Å². The number of nitrogens with zero attached hydrogens (tertiary/aromatic N) is 2. The Morgan fingerprint density at radius 3 is 2.68 bits per heavy atom. The van der Waals surface area contributed by atoms with E-state index in [4.69, 9.17) is 4.74 Å². The number of rotatable bonds is 8. The van der Waals surface area contributed by atoms with E-state index in [1.165, 1.54) is 15.1 Å².